The molecule has 1 aliphatic rings. The molecule has 192 valence electrons. The molecule has 2 amide bonds. The third-order valence-corrected chi connectivity index (χ3v) is 6.78. The largest absolute Gasteiger partial charge is 0.481 e. The summed E-state index contributed by atoms with van der Waals surface area (Å²) in [5.41, 5.74) is 5.40. The van der Waals surface area contributed by atoms with Gasteiger partial charge in [0.05, 0.1) is 6.04 Å². The molecular weight excluding hydrogens is 479 g/mol. The predicted molar refractivity (Wildman–Crippen MR) is 146 cm³/mol. The minimum Gasteiger partial charge on any atom is -0.481 e. The number of benzene rings is 4. The van der Waals surface area contributed by atoms with Crippen LogP contribution >= 0.6 is 0 Å². The lowest BCUT2D eigenvalue weighted by Gasteiger charge is -2.38. The number of ether oxygens (including phenoxy) is 1. The molecule has 4 aromatic carbocycles. The van der Waals surface area contributed by atoms with Crippen LogP contribution < -0.4 is 10.1 Å². The molecule has 5 nitrogen and oxygen atoms in total. The van der Waals surface area contributed by atoms with E-state index < -0.39 is 6.10 Å². The SMILES string of the molecule is Cc1cccc(C2c3cc(OC(C)C(=O)Nc4ccc(F)cc4)ccc3CCN2C(=O)c2ccccc2)c1. The smallest absolute Gasteiger partial charge is 0.265 e. The van der Waals surface area contributed by atoms with Gasteiger partial charge in [-0.15, -0.1) is 0 Å². The van der Waals surface area contributed by atoms with Gasteiger partial charge in [0.2, 0.25) is 0 Å². The first-order chi connectivity index (χ1) is 18.4. The maximum absolute atomic E-state index is 13.6. The van der Waals surface area contributed by atoms with Gasteiger partial charge in [-0.2, -0.15) is 0 Å². The number of fused-ring (bicyclic) bond motifs is 1. The Kier molecular flexibility index (Phi) is 7.22. The first-order valence-electron chi connectivity index (χ1n) is 12.7. The van der Waals surface area contributed by atoms with Crippen LogP contribution in [0.25, 0.3) is 0 Å². The highest BCUT2D eigenvalue weighted by Crippen LogP contribution is 2.38. The molecule has 0 aliphatic carbocycles. The summed E-state index contributed by atoms with van der Waals surface area (Å²) in [7, 11) is 0. The van der Waals surface area contributed by atoms with E-state index in [1.165, 1.54) is 24.3 Å². The minimum atomic E-state index is -0.791. The Morgan fingerprint density at radius 3 is 2.45 bits per heavy atom. The second-order valence-corrected chi connectivity index (χ2v) is 9.55. The molecule has 0 saturated heterocycles. The third kappa shape index (κ3) is 5.44. The summed E-state index contributed by atoms with van der Waals surface area (Å²) in [6.07, 6.45) is -0.0712. The fourth-order valence-corrected chi connectivity index (χ4v) is 4.87. The molecule has 0 aromatic heterocycles. The van der Waals surface area contributed by atoms with Crippen LogP contribution in [0.15, 0.2) is 97.1 Å². The number of nitrogens with zero attached hydrogens (tertiary/aromatic N) is 1. The van der Waals surface area contributed by atoms with Gasteiger partial charge in [-0.05, 0) is 85.5 Å². The summed E-state index contributed by atoms with van der Waals surface area (Å²) in [6.45, 7) is 4.30. The van der Waals surface area contributed by atoms with Gasteiger partial charge < -0.3 is 15.0 Å². The quantitative estimate of drug-likeness (QED) is 0.331. The van der Waals surface area contributed by atoms with Crippen LogP contribution in [0, 0.1) is 12.7 Å². The lowest BCUT2D eigenvalue weighted by atomic mass is 9.87. The Balaban J connectivity index is 1.44. The maximum Gasteiger partial charge on any atom is 0.265 e. The van der Waals surface area contributed by atoms with Crippen molar-refractivity contribution in [1.29, 1.82) is 0 Å². The van der Waals surface area contributed by atoms with E-state index in [1.807, 2.05) is 78.6 Å². The van der Waals surface area contributed by atoms with Crippen LogP contribution in [-0.2, 0) is 11.2 Å². The summed E-state index contributed by atoms with van der Waals surface area (Å²) in [6, 6.07) is 28.6. The Morgan fingerprint density at radius 2 is 1.71 bits per heavy atom. The average molecular weight is 509 g/mol. The number of anilines is 1. The van der Waals surface area contributed by atoms with Crippen LogP contribution in [0.3, 0.4) is 0 Å². The molecule has 2 unspecified atom stereocenters. The topological polar surface area (TPSA) is 58.6 Å². The van der Waals surface area contributed by atoms with E-state index in [0.717, 1.165) is 28.7 Å². The highest BCUT2D eigenvalue weighted by Gasteiger charge is 2.33. The lowest BCUT2D eigenvalue weighted by molar-refractivity contribution is -0.122. The Bertz CT molecular complexity index is 1450. The molecule has 1 aliphatic heterocycles. The second-order valence-electron chi connectivity index (χ2n) is 9.55. The Labute approximate surface area is 221 Å². The lowest BCUT2D eigenvalue weighted by Crippen LogP contribution is -2.40. The number of carbonyl (C=O) groups is 2. The van der Waals surface area contributed by atoms with Crippen molar-refractivity contribution in [2.24, 2.45) is 0 Å². The molecule has 0 radical (unpaired) electrons. The van der Waals surface area contributed by atoms with Gasteiger partial charge in [0.25, 0.3) is 11.8 Å². The standard InChI is InChI=1S/C32H29FN2O3/c1-21-7-6-10-25(19-21)30-29-20-28(38-22(2)31(36)34-27-14-12-26(33)13-15-27)16-11-23(29)17-18-35(30)32(37)24-8-4-3-5-9-24/h3-16,19-20,22,30H,17-18H2,1-2H3,(H,34,36). The number of carbonyl (C=O) groups excluding carboxylic acids is 2. The van der Waals surface area contributed by atoms with Crippen molar-refractivity contribution in [3.8, 4) is 5.75 Å². The Hall–Kier alpha value is -4.45. The van der Waals surface area contributed by atoms with E-state index in [-0.39, 0.29) is 23.7 Å². The van der Waals surface area contributed by atoms with Crippen molar-refractivity contribution < 1.29 is 18.7 Å². The van der Waals surface area contributed by atoms with Crippen molar-refractivity contribution in [3.63, 3.8) is 0 Å². The monoisotopic (exact) mass is 508 g/mol. The van der Waals surface area contributed by atoms with E-state index >= 15 is 0 Å². The first-order valence-corrected chi connectivity index (χ1v) is 12.7. The summed E-state index contributed by atoms with van der Waals surface area (Å²) < 4.78 is 19.2. The molecule has 2 atom stereocenters. The van der Waals surface area contributed by atoms with Crippen molar-refractivity contribution in [2.75, 3.05) is 11.9 Å². The van der Waals surface area contributed by atoms with Crippen LogP contribution in [0.4, 0.5) is 10.1 Å². The summed E-state index contributed by atoms with van der Waals surface area (Å²) in [5, 5.41) is 2.75. The Morgan fingerprint density at radius 1 is 0.947 bits per heavy atom. The van der Waals surface area contributed by atoms with E-state index in [1.54, 1.807) is 6.92 Å². The number of nitrogens with one attached hydrogen (secondary N) is 1. The van der Waals surface area contributed by atoms with Gasteiger partial charge in [-0.3, -0.25) is 9.59 Å². The number of amides is 2. The van der Waals surface area contributed by atoms with Gasteiger partial charge in [-0.25, -0.2) is 4.39 Å². The van der Waals surface area contributed by atoms with E-state index in [0.29, 0.717) is 23.5 Å². The summed E-state index contributed by atoms with van der Waals surface area (Å²) >= 11 is 0. The maximum atomic E-state index is 13.6. The molecule has 1 N–H and O–H groups in total. The highest BCUT2D eigenvalue weighted by atomic mass is 19.1. The van der Waals surface area contributed by atoms with Crippen LogP contribution in [0.5, 0.6) is 5.75 Å². The third-order valence-electron chi connectivity index (χ3n) is 6.78. The normalized spacial score (nSPS) is 15.3. The van der Waals surface area contributed by atoms with Crippen LogP contribution in [0.2, 0.25) is 0 Å². The molecular formula is C32H29FN2O3. The summed E-state index contributed by atoms with van der Waals surface area (Å²) in [5.74, 6) is -0.201. The molecule has 0 saturated carbocycles. The van der Waals surface area contributed by atoms with Crippen molar-refractivity contribution in [2.45, 2.75) is 32.4 Å². The molecule has 5 rings (SSSR count). The van der Waals surface area contributed by atoms with Crippen molar-refractivity contribution in [1.82, 2.24) is 4.90 Å². The van der Waals surface area contributed by atoms with Gasteiger partial charge in [0, 0.05) is 17.8 Å². The van der Waals surface area contributed by atoms with Crippen LogP contribution in [-0.4, -0.2) is 29.4 Å². The zero-order valence-corrected chi connectivity index (χ0v) is 21.4. The number of aryl methyl sites for hydroxylation is 1. The van der Waals surface area contributed by atoms with Crippen molar-refractivity contribution in [3.05, 3.63) is 131 Å². The predicted octanol–water partition coefficient (Wildman–Crippen LogP) is 6.33. The fraction of sp³-hybridized carbons (Fsp3) is 0.188. The first kappa shape index (κ1) is 25.2. The van der Waals surface area contributed by atoms with E-state index in [2.05, 4.69) is 11.4 Å². The van der Waals surface area contributed by atoms with E-state index in [4.69, 9.17) is 4.74 Å². The minimum absolute atomic E-state index is 0.0267. The molecule has 6 heteroatoms. The number of rotatable bonds is 6. The number of hydrogen-bond donors (Lipinski definition) is 1. The molecule has 4 aromatic rings. The van der Waals surface area contributed by atoms with Gasteiger partial charge in [-0.1, -0.05) is 54.1 Å². The number of hydrogen-bond acceptors (Lipinski definition) is 3. The number of halogens is 1. The van der Waals surface area contributed by atoms with Gasteiger partial charge >= 0.3 is 0 Å². The molecule has 0 spiro atoms. The highest BCUT2D eigenvalue weighted by molar-refractivity contribution is 5.95. The van der Waals surface area contributed by atoms with Crippen LogP contribution in [0.1, 0.15) is 45.6 Å². The zero-order valence-electron chi connectivity index (χ0n) is 21.4. The van der Waals surface area contributed by atoms with E-state index in [9.17, 15) is 14.0 Å². The fourth-order valence-electron chi connectivity index (χ4n) is 4.87. The molecule has 38 heavy (non-hydrogen) atoms. The molecule has 1 heterocycles. The van der Waals surface area contributed by atoms with Gasteiger partial charge in [0.1, 0.15) is 11.6 Å². The average Bonchev–Trinajstić information content (AvgIpc) is 2.93. The van der Waals surface area contributed by atoms with Gasteiger partial charge in [0.15, 0.2) is 6.10 Å². The summed E-state index contributed by atoms with van der Waals surface area (Å²) in [4.78, 5) is 28.3. The zero-order chi connectivity index (χ0) is 26.6. The molecule has 0 bridgehead atoms. The molecule has 0 fully saturated rings. The van der Waals surface area contributed by atoms with Crippen molar-refractivity contribution >= 4 is 17.5 Å². The second kappa shape index (κ2) is 10.9.